The predicted molar refractivity (Wildman–Crippen MR) is 76.4 cm³/mol. The molecule has 0 aliphatic carbocycles. The Balaban J connectivity index is 2.22. The van der Waals surface area contributed by atoms with Crippen LogP contribution in [0.25, 0.3) is 22.4 Å². The quantitative estimate of drug-likeness (QED) is 0.769. The average molecular weight is 286 g/mol. The van der Waals surface area contributed by atoms with Crippen molar-refractivity contribution in [2.45, 2.75) is 6.92 Å². The summed E-state index contributed by atoms with van der Waals surface area (Å²) in [4.78, 5) is 0. The maximum absolute atomic E-state index is 13.4. The normalized spacial score (nSPS) is 10.8. The first-order valence-electron chi connectivity index (χ1n) is 6.34. The first-order chi connectivity index (χ1) is 10.1. The molecule has 3 aromatic rings. The lowest BCUT2D eigenvalue weighted by atomic mass is 9.98. The van der Waals surface area contributed by atoms with E-state index in [0.29, 0.717) is 27.9 Å². The van der Waals surface area contributed by atoms with Gasteiger partial charge >= 0.3 is 0 Å². The topological polar surface area (TPSA) is 52.0 Å². The van der Waals surface area contributed by atoms with Crippen molar-refractivity contribution < 1.29 is 13.3 Å². The van der Waals surface area contributed by atoms with Gasteiger partial charge in [0.2, 0.25) is 5.88 Å². The molecule has 0 aliphatic heterocycles. The fourth-order valence-corrected chi connectivity index (χ4v) is 2.30. The predicted octanol–water partition coefficient (Wildman–Crippen LogP) is 4.18. The summed E-state index contributed by atoms with van der Waals surface area (Å²) >= 11 is 0. The Morgan fingerprint density at radius 2 is 1.81 bits per heavy atom. The van der Waals surface area contributed by atoms with E-state index >= 15 is 0 Å². The van der Waals surface area contributed by atoms with E-state index in [1.165, 1.54) is 24.3 Å². The zero-order valence-electron chi connectivity index (χ0n) is 11.2. The molecule has 3 rings (SSSR count). The number of nitrogen functional groups attached to an aromatic ring is 1. The summed E-state index contributed by atoms with van der Waals surface area (Å²) < 4.78 is 31.7. The molecule has 0 saturated heterocycles. The van der Waals surface area contributed by atoms with Crippen molar-refractivity contribution in [3.05, 3.63) is 59.7 Å². The Hall–Kier alpha value is -2.69. The first kappa shape index (κ1) is 13.3. The highest BCUT2D eigenvalue weighted by Gasteiger charge is 2.19. The third-order valence-corrected chi connectivity index (χ3v) is 3.28. The molecule has 0 amide bonds. The fraction of sp³-hybridized carbons (Fsp3) is 0.0625. The van der Waals surface area contributed by atoms with Gasteiger partial charge in [-0.15, -0.1) is 0 Å². The number of anilines is 1. The molecule has 1 aromatic heterocycles. The van der Waals surface area contributed by atoms with Crippen LogP contribution < -0.4 is 5.73 Å². The van der Waals surface area contributed by atoms with Crippen LogP contribution in [0, 0.1) is 18.6 Å². The molecule has 1 heterocycles. The Morgan fingerprint density at radius 1 is 1.05 bits per heavy atom. The van der Waals surface area contributed by atoms with E-state index in [4.69, 9.17) is 10.3 Å². The molecular formula is C16H12F2N2O. The summed E-state index contributed by atoms with van der Waals surface area (Å²) in [6.45, 7) is 1.76. The molecule has 5 heteroatoms. The Kier molecular flexibility index (Phi) is 3.17. The van der Waals surface area contributed by atoms with Crippen LogP contribution in [0.2, 0.25) is 0 Å². The van der Waals surface area contributed by atoms with Crippen LogP contribution >= 0.6 is 0 Å². The third kappa shape index (κ3) is 2.38. The smallest absolute Gasteiger partial charge is 0.230 e. The van der Waals surface area contributed by atoms with Gasteiger partial charge in [-0.25, -0.2) is 8.78 Å². The molecular weight excluding hydrogens is 274 g/mol. The number of nitrogens with zero attached hydrogens (tertiary/aromatic N) is 1. The third-order valence-electron chi connectivity index (χ3n) is 3.28. The fourth-order valence-electron chi connectivity index (χ4n) is 2.30. The summed E-state index contributed by atoms with van der Waals surface area (Å²) in [6, 6.07) is 10.3. The summed E-state index contributed by atoms with van der Waals surface area (Å²) in [5.74, 6) is -0.616. The lowest BCUT2D eigenvalue weighted by Gasteiger charge is -2.06. The zero-order valence-corrected chi connectivity index (χ0v) is 11.2. The van der Waals surface area contributed by atoms with Crippen molar-refractivity contribution in [1.82, 2.24) is 5.16 Å². The Morgan fingerprint density at radius 3 is 2.52 bits per heavy atom. The second-order valence-electron chi connectivity index (χ2n) is 4.74. The second-order valence-corrected chi connectivity index (χ2v) is 4.74. The van der Waals surface area contributed by atoms with Gasteiger partial charge in [0, 0.05) is 5.56 Å². The summed E-state index contributed by atoms with van der Waals surface area (Å²) in [7, 11) is 0. The highest BCUT2D eigenvalue weighted by Crippen LogP contribution is 2.37. The number of nitrogens with two attached hydrogens (primary N) is 1. The van der Waals surface area contributed by atoms with Gasteiger partial charge in [-0.05, 0) is 48.4 Å². The van der Waals surface area contributed by atoms with Crippen molar-refractivity contribution in [2.24, 2.45) is 0 Å². The van der Waals surface area contributed by atoms with E-state index in [1.807, 2.05) is 0 Å². The number of halogens is 2. The molecule has 0 atom stereocenters. The number of aromatic nitrogens is 1. The number of benzene rings is 2. The van der Waals surface area contributed by atoms with E-state index in [2.05, 4.69) is 5.16 Å². The SMILES string of the molecule is Cc1cc(F)ccc1-c1noc(N)c1-c1cccc(F)c1. The molecule has 3 nitrogen and oxygen atoms in total. The largest absolute Gasteiger partial charge is 0.367 e. The molecule has 106 valence electrons. The maximum atomic E-state index is 13.4. The monoisotopic (exact) mass is 286 g/mol. The lowest BCUT2D eigenvalue weighted by Crippen LogP contribution is -1.91. The van der Waals surface area contributed by atoms with Crippen molar-refractivity contribution in [2.75, 3.05) is 5.73 Å². The number of hydrogen-bond acceptors (Lipinski definition) is 3. The van der Waals surface area contributed by atoms with Gasteiger partial charge in [0.15, 0.2) is 0 Å². The molecule has 0 saturated carbocycles. The van der Waals surface area contributed by atoms with Crippen LogP contribution in [0.4, 0.5) is 14.7 Å². The Labute approximate surface area is 120 Å². The molecule has 21 heavy (non-hydrogen) atoms. The van der Waals surface area contributed by atoms with E-state index in [9.17, 15) is 8.78 Å². The first-order valence-corrected chi connectivity index (χ1v) is 6.34. The van der Waals surface area contributed by atoms with E-state index < -0.39 is 0 Å². The Bertz CT molecular complexity index is 812. The van der Waals surface area contributed by atoms with Crippen molar-refractivity contribution in [1.29, 1.82) is 0 Å². The maximum Gasteiger partial charge on any atom is 0.230 e. The van der Waals surface area contributed by atoms with Gasteiger partial charge < -0.3 is 10.3 Å². The van der Waals surface area contributed by atoms with Gasteiger partial charge in [-0.3, -0.25) is 0 Å². The molecule has 0 aliphatic rings. The minimum Gasteiger partial charge on any atom is -0.367 e. The van der Waals surface area contributed by atoms with Crippen molar-refractivity contribution in [3.63, 3.8) is 0 Å². The number of aryl methyl sites for hydroxylation is 1. The van der Waals surface area contributed by atoms with Crippen molar-refractivity contribution in [3.8, 4) is 22.4 Å². The number of rotatable bonds is 2. The molecule has 0 unspecified atom stereocenters. The van der Waals surface area contributed by atoms with Gasteiger partial charge in [0.05, 0.1) is 5.56 Å². The van der Waals surface area contributed by atoms with Gasteiger partial charge in [-0.2, -0.15) is 0 Å². The minimum atomic E-state index is -0.380. The van der Waals surface area contributed by atoms with Crippen LogP contribution in [0.15, 0.2) is 47.0 Å². The molecule has 0 radical (unpaired) electrons. The zero-order chi connectivity index (χ0) is 15.0. The van der Waals surface area contributed by atoms with E-state index in [1.54, 1.807) is 25.1 Å². The standard InChI is InChI=1S/C16H12F2N2O/c1-9-7-12(18)5-6-13(9)15-14(16(19)21-20-15)10-3-2-4-11(17)8-10/h2-8H,19H2,1H3. The highest BCUT2D eigenvalue weighted by molar-refractivity contribution is 5.87. The molecule has 2 N–H and O–H groups in total. The number of hydrogen-bond donors (Lipinski definition) is 1. The van der Waals surface area contributed by atoms with Gasteiger partial charge in [0.25, 0.3) is 0 Å². The van der Waals surface area contributed by atoms with Crippen LogP contribution in [-0.2, 0) is 0 Å². The summed E-state index contributed by atoms with van der Waals surface area (Å²) in [6.07, 6.45) is 0. The van der Waals surface area contributed by atoms with Crippen LogP contribution in [0.1, 0.15) is 5.56 Å². The molecule has 0 fully saturated rings. The van der Waals surface area contributed by atoms with Gasteiger partial charge in [0.1, 0.15) is 17.3 Å². The van der Waals surface area contributed by atoms with Crippen LogP contribution in [0.5, 0.6) is 0 Å². The minimum absolute atomic E-state index is 0.0966. The second kappa shape index (κ2) is 5.01. The lowest BCUT2D eigenvalue weighted by molar-refractivity contribution is 0.439. The summed E-state index contributed by atoms with van der Waals surface area (Å²) in [5, 5.41) is 3.94. The van der Waals surface area contributed by atoms with Crippen LogP contribution in [-0.4, -0.2) is 5.16 Å². The molecule has 0 bridgehead atoms. The van der Waals surface area contributed by atoms with Crippen molar-refractivity contribution >= 4 is 5.88 Å². The molecule has 2 aromatic carbocycles. The summed E-state index contributed by atoms with van der Waals surface area (Å²) in [5.41, 5.74) is 8.74. The van der Waals surface area contributed by atoms with E-state index in [0.717, 1.165) is 0 Å². The van der Waals surface area contributed by atoms with Crippen LogP contribution in [0.3, 0.4) is 0 Å². The van der Waals surface area contributed by atoms with Gasteiger partial charge in [-0.1, -0.05) is 17.3 Å². The molecule has 0 spiro atoms. The van der Waals surface area contributed by atoms with E-state index in [-0.39, 0.29) is 17.5 Å². The highest BCUT2D eigenvalue weighted by atomic mass is 19.1. The average Bonchev–Trinajstić information content (AvgIpc) is 2.80.